The molecule has 0 saturated heterocycles. The Bertz CT molecular complexity index is 587. The van der Waals surface area contributed by atoms with Crippen molar-refractivity contribution in [1.82, 2.24) is 0 Å². The number of rotatable bonds is 2. The van der Waals surface area contributed by atoms with Crippen LogP contribution >= 0.6 is 0 Å². The van der Waals surface area contributed by atoms with E-state index >= 15 is 0 Å². The molecular formula is C24H32O2. The lowest BCUT2D eigenvalue weighted by atomic mass is 9.79. The molecule has 2 aromatic carbocycles. The highest BCUT2D eigenvalue weighted by Gasteiger charge is 2.20. The van der Waals surface area contributed by atoms with Crippen molar-refractivity contribution < 1.29 is 10.2 Å². The zero-order chi connectivity index (χ0) is 18.2. The molecule has 0 aromatic heterocycles. The zero-order valence-corrected chi connectivity index (χ0v) is 15.7. The van der Waals surface area contributed by atoms with Crippen LogP contribution in [0.5, 0.6) is 11.5 Å². The van der Waals surface area contributed by atoms with Crippen LogP contribution in [0, 0.1) is 0 Å². The molecule has 2 unspecified atom stereocenters. The van der Waals surface area contributed by atoms with Gasteiger partial charge in [-0.05, 0) is 66.5 Å². The number of phenolic OH excluding ortho intramolecular Hbond substituents is 2. The van der Waals surface area contributed by atoms with Crippen molar-refractivity contribution in [2.45, 2.75) is 76.0 Å². The van der Waals surface area contributed by atoms with Gasteiger partial charge in [0.05, 0.1) is 0 Å². The fourth-order valence-electron chi connectivity index (χ4n) is 4.34. The van der Waals surface area contributed by atoms with E-state index in [0.29, 0.717) is 23.3 Å². The molecule has 3 rings (SSSR count). The molecule has 2 atom stereocenters. The van der Waals surface area contributed by atoms with Gasteiger partial charge < -0.3 is 10.2 Å². The first-order chi connectivity index (χ1) is 12.7. The molecule has 0 spiro atoms. The molecule has 1 fully saturated rings. The number of hydrogen-bond acceptors (Lipinski definition) is 2. The Kier molecular flexibility index (Phi) is 6.99. The maximum absolute atomic E-state index is 9.64. The summed E-state index contributed by atoms with van der Waals surface area (Å²) in [4.78, 5) is 0. The van der Waals surface area contributed by atoms with E-state index in [1.807, 2.05) is 24.3 Å². The molecule has 26 heavy (non-hydrogen) atoms. The van der Waals surface area contributed by atoms with Crippen molar-refractivity contribution in [2.24, 2.45) is 0 Å². The summed E-state index contributed by atoms with van der Waals surface area (Å²) in [6.07, 6.45) is 12.9. The Hall–Kier alpha value is -1.96. The Morgan fingerprint density at radius 1 is 0.500 bits per heavy atom. The molecule has 0 radical (unpaired) electrons. The normalized spacial score (nSPS) is 22.9. The van der Waals surface area contributed by atoms with Gasteiger partial charge in [-0.25, -0.2) is 0 Å². The maximum atomic E-state index is 9.64. The smallest absolute Gasteiger partial charge is 0.115 e. The third-order valence-electron chi connectivity index (χ3n) is 5.90. The van der Waals surface area contributed by atoms with Crippen LogP contribution in [0.3, 0.4) is 0 Å². The summed E-state index contributed by atoms with van der Waals surface area (Å²) in [7, 11) is 0. The van der Waals surface area contributed by atoms with Crippen LogP contribution in [0.2, 0.25) is 0 Å². The average Bonchev–Trinajstić information content (AvgIpc) is 2.64. The van der Waals surface area contributed by atoms with Crippen molar-refractivity contribution in [1.29, 1.82) is 0 Å². The van der Waals surface area contributed by atoms with Gasteiger partial charge in [0.15, 0.2) is 0 Å². The molecule has 1 saturated carbocycles. The van der Waals surface area contributed by atoms with Crippen molar-refractivity contribution in [3.05, 3.63) is 59.7 Å². The summed E-state index contributed by atoms with van der Waals surface area (Å²) < 4.78 is 0. The Balaban J connectivity index is 1.81. The molecule has 140 valence electrons. The second-order valence-electron chi connectivity index (χ2n) is 7.86. The number of benzene rings is 2. The molecule has 2 heteroatoms. The van der Waals surface area contributed by atoms with Gasteiger partial charge in [0.25, 0.3) is 0 Å². The van der Waals surface area contributed by atoms with E-state index in [-0.39, 0.29) is 0 Å². The van der Waals surface area contributed by atoms with Crippen molar-refractivity contribution in [3.8, 4) is 11.5 Å². The summed E-state index contributed by atoms with van der Waals surface area (Å²) in [5.41, 5.74) is 2.70. The molecule has 0 bridgehead atoms. The lowest BCUT2D eigenvalue weighted by Crippen LogP contribution is -2.08. The SMILES string of the molecule is Oc1ccc(C2CCCCCCCCCC(c3ccc(O)cc3)C2)cc1. The van der Waals surface area contributed by atoms with E-state index in [1.54, 1.807) is 0 Å². The molecule has 2 N–H and O–H groups in total. The van der Waals surface area contributed by atoms with E-state index in [4.69, 9.17) is 0 Å². The van der Waals surface area contributed by atoms with Gasteiger partial charge in [-0.15, -0.1) is 0 Å². The first-order valence-corrected chi connectivity index (χ1v) is 10.3. The lowest BCUT2D eigenvalue weighted by molar-refractivity contribution is 0.430. The van der Waals surface area contributed by atoms with E-state index in [2.05, 4.69) is 24.3 Å². The zero-order valence-electron chi connectivity index (χ0n) is 15.7. The van der Waals surface area contributed by atoms with Crippen LogP contribution in [0.25, 0.3) is 0 Å². The Morgan fingerprint density at radius 3 is 1.23 bits per heavy atom. The van der Waals surface area contributed by atoms with Gasteiger partial charge in [-0.2, -0.15) is 0 Å². The molecule has 0 aliphatic heterocycles. The lowest BCUT2D eigenvalue weighted by Gasteiger charge is -2.25. The van der Waals surface area contributed by atoms with Gasteiger partial charge in [-0.3, -0.25) is 0 Å². The maximum Gasteiger partial charge on any atom is 0.115 e. The van der Waals surface area contributed by atoms with Crippen molar-refractivity contribution in [2.75, 3.05) is 0 Å². The molecule has 0 heterocycles. The van der Waals surface area contributed by atoms with Gasteiger partial charge >= 0.3 is 0 Å². The van der Waals surface area contributed by atoms with Crippen molar-refractivity contribution in [3.63, 3.8) is 0 Å². The number of aromatic hydroxyl groups is 2. The van der Waals surface area contributed by atoms with Crippen LogP contribution in [0.4, 0.5) is 0 Å². The minimum absolute atomic E-state index is 0.344. The molecule has 0 amide bonds. The summed E-state index contributed by atoms with van der Waals surface area (Å²) >= 11 is 0. The third-order valence-corrected chi connectivity index (χ3v) is 5.90. The standard InChI is InChI=1S/C24H32O2/c25-23-14-10-19(11-15-23)21-8-6-4-2-1-3-5-7-9-22(18-21)20-12-16-24(26)17-13-20/h10-17,21-22,25-26H,1-9,18H2. The predicted octanol–water partition coefficient (Wildman–Crippen LogP) is 6.88. The van der Waals surface area contributed by atoms with Gasteiger partial charge in [-0.1, -0.05) is 69.2 Å². The first kappa shape index (κ1) is 18.8. The van der Waals surface area contributed by atoms with Gasteiger partial charge in [0.2, 0.25) is 0 Å². The fourth-order valence-corrected chi connectivity index (χ4v) is 4.34. The Labute approximate surface area is 157 Å². The molecular weight excluding hydrogens is 320 g/mol. The number of phenols is 2. The van der Waals surface area contributed by atoms with Crippen LogP contribution in [-0.2, 0) is 0 Å². The summed E-state index contributed by atoms with van der Waals surface area (Å²) in [6.45, 7) is 0. The van der Waals surface area contributed by atoms with E-state index in [0.717, 1.165) is 6.42 Å². The highest BCUT2D eigenvalue weighted by atomic mass is 16.3. The summed E-state index contributed by atoms with van der Waals surface area (Å²) in [6, 6.07) is 15.7. The summed E-state index contributed by atoms with van der Waals surface area (Å²) in [5, 5.41) is 19.3. The third kappa shape index (κ3) is 5.52. The van der Waals surface area contributed by atoms with E-state index < -0.39 is 0 Å². The second kappa shape index (κ2) is 9.66. The van der Waals surface area contributed by atoms with Gasteiger partial charge in [0, 0.05) is 0 Å². The monoisotopic (exact) mass is 352 g/mol. The molecule has 1 aliphatic rings. The molecule has 2 nitrogen and oxygen atoms in total. The molecule has 1 aliphatic carbocycles. The van der Waals surface area contributed by atoms with Crippen LogP contribution in [-0.4, -0.2) is 10.2 Å². The fraction of sp³-hybridized carbons (Fsp3) is 0.500. The summed E-state index contributed by atoms with van der Waals surface area (Å²) in [5.74, 6) is 1.76. The quantitative estimate of drug-likeness (QED) is 0.618. The van der Waals surface area contributed by atoms with Gasteiger partial charge in [0.1, 0.15) is 11.5 Å². The second-order valence-corrected chi connectivity index (χ2v) is 7.86. The highest BCUT2D eigenvalue weighted by Crippen LogP contribution is 2.38. The molecule has 2 aromatic rings. The van der Waals surface area contributed by atoms with Crippen molar-refractivity contribution >= 4 is 0 Å². The Morgan fingerprint density at radius 2 is 0.846 bits per heavy atom. The first-order valence-electron chi connectivity index (χ1n) is 10.3. The average molecular weight is 353 g/mol. The topological polar surface area (TPSA) is 40.5 Å². The minimum Gasteiger partial charge on any atom is -0.508 e. The van der Waals surface area contributed by atoms with Crippen LogP contribution in [0.1, 0.15) is 87.2 Å². The van der Waals surface area contributed by atoms with Crippen LogP contribution in [0.15, 0.2) is 48.5 Å². The largest absolute Gasteiger partial charge is 0.508 e. The predicted molar refractivity (Wildman–Crippen MR) is 108 cm³/mol. The van der Waals surface area contributed by atoms with Crippen LogP contribution < -0.4 is 0 Å². The highest BCUT2D eigenvalue weighted by molar-refractivity contribution is 5.31. The van der Waals surface area contributed by atoms with E-state index in [9.17, 15) is 10.2 Å². The number of hydrogen-bond donors (Lipinski definition) is 2. The minimum atomic E-state index is 0.344. The van der Waals surface area contributed by atoms with E-state index in [1.165, 1.54) is 68.9 Å².